The first-order chi connectivity index (χ1) is 7.75. The lowest BCUT2D eigenvalue weighted by molar-refractivity contribution is -0.0181. The van der Waals surface area contributed by atoms with Crippen molar-refractivity contribution >= 4 is 0 Å². The molecule has 94 valence electrons. The van der Waals surface area contributed by atoms with Crippen LogP contribution >= 0.6 is 0 Å². The number of nitrogens with one attached hydrogen (secondary N) is 1. The molecule has 0 aromatic heterocycles. The van der Waals surface area contributed by atoms with Gasteiger partial charge in [-0.15, -0.1) is 0 Å². The molecule has 1 unspecified atom stereocenters. The predicted octanol–water partition coefficient (Wildman–Crippen LogP) is 0.000800. The minimum Gasteiger partial charge on any atom is -0.374 e. The van der Waals surface area contributed by atoms with Gasteiger partial charge in [0.05, 0.1) is 12.7 Å². The van der Waals surface area contributed by atoms with Crippen molar-refractivity contribution in [1.82, 2.24) is 15.1 Å². The number of rotatable bonds is 6. The van der Waals surface area contributed by atoms with Crippen molar-refractivity contribution in [1.29, 1.82) is 0 Å². The molecule has 0 aromatic rings. The highest BCUT2D eigenvalue weighted by atomic mass is 16.5. The first kappa shape index (κ1) is 12.3. The minimum atomic E-state index is 0.380. The van der Waals surface area contributed by atoms with Crippen molar-refractivity contribution in [3.63, 3.8) is 0 Å². The topological polar surface area (TPSA) is 27.7 Å². The zero-order valence-corrected chi connectivity index (χ0v) is 10.6. The number of hydrogen-bond acceptors (Lipinski definition) is 4. The summed E-state index contributed by atoms with van der Waals surface area (Å²) >= 11 is 0. The summed E-state index contributed by atoms with van der Waals surface area (Å²) in [5.74, 6) is 0. The van der Waals surface area contributed by atoms with E-state index in [-0.39, 0.29) is 0 Å². The Labute approximate surface area is 98.9 Å². The third-order valence-electron chi connectivity index (χ3n) is 3.53. The molecule has 0 bridgehead atoms. The highest BCUT2D eigenvalue weighted by molar-refractivity contribution is 4.82. The maximum Gasteiger partial charge on any atom is 0.0826 e. The van der Waals surface area contributed by atoms with Crippen LogP contribution in [0.3, 0.4) is 0 Å². The summed E-state index contributed by atoms with van der Waals surface area (Å²) < 4.78 is 5.70. The largest absolute Gasteiger partial charge is 0.374 e. The highest BCUT2D eigenvalue weighted by Gasteiger charge is 2.25. The van der Waals surface area contributed by atoms with Crippen LogP contribution in [0, 0.1) is 0 Å². The molecule has 16 heavy (non-hydrogen) atoms. The van der Waals surface area contributed by atoms with E-state index in [0.29, 0.717) is 6.10 Å². The summed E-state index contributed by atoms with van der Waals surface area (Å²) in [6, 6.07) is 0.874. The molecule has 0 aromatic carbocycles. The summed E-state index contributed by atoms with van der Waals surface area (Å²) in [7, 11) is 4.39. The van der Waals surface area contributed by atoms with Gasteiger partial charge in [0.1, 0.15) is 0 Å². The molecule has 1 aliphatic carbocycles. The summed E-state index contributed by atoms with van der Waals surface area (Å²) in [4.78, 5) is 4.80. The van der Waals surface area contributed by atoms with Gasteiger partial charge in [-0.25, -0.2) is 0 Å². The van der Waals surface area contributed by atoms with Crippen LogP contribution in [0.4, 0.5) is 0 Å². The quantitative estimate of drug-likeness (QED) is 0.647. The van der Waals surface area contributed by atoms with Gasteiger partial charge in [0.2, 0.25) is 0 Å². The number of hydrogen-bond donors (Lipinski definition) is 1. The highest BCUT2D eigenvalue weighted by Crippen LogP contribution is 2.24. The van der Waals surface area contributed by atoms with E-state index in [1.54, 1.807) is 0 Å². The second kappa shape index (κ2) is 5.96. The van der Waals surface area contributed by atoms with E-state index in [1.165, 1.54) is 12.8 Å². The van der Waals surface area contributed by atoms with Crippen molar-refractivity contribution < 1.29 is 4.74 Å². The predicted molar refractivity (Wildman–Crippen MR) is 65.8 cm³/mol. The lowest BCUT2D eigenvalue weighted by Gasteiger charge is -2.30. The molecule has 1 saturated heterocycles. The average molecular weight is 227 g/mol. The van der Waals surface area contributed by atoms with Gasteiger partial charge in [0.15, 0.2) is 0 Å². The fraction of sp³-hybridized carbons (Fsp3) is 1.00. The molecule has 0 spiro atoms. The number of likely N-dealkylation sites (N-methyl/N-ethyl adjacent to an activating group) is 2. The van der Waals surface area contributed by atoms with Crippen molar-refractivity contribution in [2.24, 2.45) is 0 Å². The second-order valence-electron chi connectivity index (χ2n) is 5.17. The van der Waals surface area contributed by atoms with Gasteiger partial charge in [0.25, 0.3) is 0 Å². The van der Waals surface area contributed by atoms with E-state index in [1.807, 2.05) is 0 Å². The van der Waals surface area contributed by atoms with Crippen molar-refractivity contribution in [2.75, 3.05) is 53.4 Å². The van der Waals surface area contributed by atoms with E-state index in [0.717, 1.165) is 45.4 Å². The monoisotopic (exact) mass is 227 g/mol. The second-order valence-corrected chi connectivity index (χ2v) is 5.17. The molecular weight excluding hydrogens is 202 g/mol. The van der Waals surface area contributed by atoms with Gasteiger partial charge in [-0.3, -0.25) is 0 Å². The summed E-state index contributed by atoms with van der Waals surface area (Å²) in [6.45, 7) is 6.24. The zero-order chi connectivity index (χ0) is 11.4. The van der Waals surface area contributed by atoms with Gasteiger partial charge >= 0.3 is 0 Å². The Bertz CT molecular complexity index is 208. The van der Waals surface area contributed by atoms with Crippen LogP contribution < -0.4 is 5.32 Å². The van der Waals surface area contributed by atoms with E-state index in [4.69, 9.17) is 4.74 Å². The zero-order valence-electron chi connectivity index (χ0n) is 10.6. The standard InChI is InChI=1S/C12H25N3O/c1-14-7-8-16-12(10-14)9-13-5-6-15(2)11-3-4-11/h11-13H,3-10H2,1-2H3. The molecule has 1 atom stereocenters. The van der Waals surface area contributed by atoms with Gasteiger partial charge in [0, 0.05) is 38.8 Å². The molecule has 2 aliphatic rings. The maximum absolute atomic E-state index is 5.70. The first-order valence-electron chi connectivity index (χ1n) is 6.47. The third-order valence-corrected chi connectivity index (χ3v) is 3.53. The Morgan fingerprint density at radius 3 is 2.94 bits per heavy atom. The Kier molecular flexibility index (Phi) is 4.58. The van der Waals surface area contributed by atoms with E-state index >= 15 is 0 Å². The van der Waals surface area contributed by atoms with Gasteiger partial charge in [-0.2, -0.15) is 0 Å². The first-order valence-corrected chi connectivity index (χ1v) is 6.47. The van der Waals surface area contributed by atoms with E-state index in [9.17, 15) is 0 Å². The van der Waals surface area contributed by atoms with Crippen LogP contribution in [0.5, 0.6) is 0 Å². The summed E-state index contributed by atoms with van der Waals surface area (Å²) in [5.41, 5.74) is 0. The molecule has 1 aliphatic heterocycles. The van der Waals surface area contributed by atoms with E-state index < -0.39 is 0 Å². The Hall–Kier alpha value is -0.160. The SMILES string of the molecule is CN1CCOC(CNCCN(C)C2CC2)C1. The average Bonchev–Trinajstić information content (AvgIpc) is 3.08. The van der Waals surface area contributed by atoms with Gasteiger partial charge in [-0.1, -0.05) is 0 Å². The van der Waals surface area contributed by atoms with Gasteiger partial charge in [-0.05, 0) is 26.9 Å². The Morgan fingerprint density at radius 2 is 2.25 bits per heavy atom. The molecule has 1 heterocycles. The number of nitrogens with zero attached hydrogens (tertiary/aromatic N) is 2. The molecular formula is C12H25N3O. The molecule has 1 saturated carbocycles. The lowest BCUT2D eigenvalue weighted by atomic mass is 10.3. The number of ether oxygens (including phenoxy) is 1. The fourth-order valence-corrected chi connectivity index (χ4v) is 2.21. The maximum atomic E-state index is 5.70. The molecule has 2 rings (SSSR count). The lowest BCUT2D eigenvalue weighted by Crippen LogP contribution is -2.45. The van der Waals surface area contributed by atoms with Crippen LogP contribution in [0.1, 0.15) is 12.8 Å². The molecule has 0 amide bonds. The van der Waals surface area contributed by atoms with Crippen LogP contribution in [0.15, 0.2) is 0 Å². The normalized spacial score (nSPS) is 27.6. The summed E-state index contributed by atoms with van der Waals surface area (Å²) in [6.07, 6.45) is 3.17. The molecule has 4 nitrogen and oxygen atoms in total. The van der Waals surface area contributed by atoms with Crippen LogP contribution in [-0.2, 0) is 4.74 Å². The van der Waals surface area contributed by atoms with Gasteiger partial charge < -0.3 is 19.9 Å². The number of morpholine rings is 1. The fourth-order valence-electron chi connectivity index (χ4n) is 2.21. The van der Waals surface area contributed by atoms with Crippen molar-refractivity contribution in [3.8, 4) is 0 Å². The summed E-state index contributed by atoms with van der Waals surface area (Å²) in [5, 5.41) is 3.50. The molecule has 1 N–H and O–H groups in total. The minimum absolute atomic E-state index is 0.380. The molecule has 0 radical (unpaired) electrons. The Balaban J connectivity index is 1.50. The van der Waals surface area contributed by atoms with Crippen LogP contribution in [0.25, 0.3) is 0 Å². The van der Waals surface area contributed by atoms with Crippen molar-refractivity contribution in [3.05, 3.63) is 0 Å². The van der Waals surface area contributed by atoms with Crippen molar-refractivity contribution in [2.45, 2.75) is 25.0 Å². The Morgan fingerprint density at radius 1 is 1.44 bits per heavy atom. The van der Waals surface area contributed by atoms with Crippen LogP contribution in [-0.4, -0.2) is 75.4 Å². The molecule has 4 heteroatoms. The van der Waals surface area contributed by atoms with E-state index in [2.05, 4.69) is 29.2 Å². The smallest absolute Gasteiger partial charge is 0.0826 e. The molecule has 2 fully saturated rings. The van der Waals surface area contributed by atoms with Crippen LogP contribution in [0.2, 0.25) is 0 Å². The third kappa shape index (κ3) is 4.01.